The van der Waals surface area contributed by atoms with Gasteiger partial charge in [-0.15, -0.1) is 0 Å². The summed E-state index contributed by atoms with van der Waals surface area (Å²) in [6, 6.07) is 0.697. The molecule has 0 aromatic heterocycles. The Bertz CT molecular complexity index is 199. The number of hydrogen-bond acceptors (Lipinski definition) is 3. The molecule has 0 aromatic rings. The van der Waals surface area contributed by atoms with Gasteiger partial charge >= 0.3 is 0 Å². The number of nitrogens with one attached hydrogen (secondary N) is 1. The summed E-state index contributed by atoms with van der Waals surface area (Å²) in [5.41, 5.74) is 0. The minimum atomic E-state index is 0.472. The number of likely N-dealkylation sites (N-methyl/N-ethyl adjacent to an activating group) is 1. The molecule has 3 heteroatoms. The molecule has 2 unspecified atom stereocenters. The van der Waals surface area contributed by atoms with Crippen molar-refractivity contribution in [3.8, 4) is 0 Å². The van der Waals surface area contributed by atoms with E-state index in [2.05, 4.69) is 31.0 Å². The lowest BCUT2D eigenvalue weighted by molar-refractivity contribution is -0.0134. The smallest absolute Gasteiger partial charge is 0.0702 e. The second-order valence-electron chi connectivity index (χ2n) is 5.38. The highest BCUT2D eigenvalue weighted by Gasteiger charge is 2.25. The zero-order valence-corrected chi connectivity index (χ0v) is 12.6. The van der Waals surface area contributed by atoms with Crippen molar-refractivity contribution in [1.29, 1.82) is 0 Å². The molecule has 0 spiro atoms. The van der Waals surface area contributed by atoms with E-state index >= 15 is 0 Å². The number of piperidine rings is 1. The first-order valence-electron chi connectivity index (χ1n) is 7.88. The Morgan fingerprint density at radius 2 is 2.11 bits per heavy atom. The topological polar surface area (TPSA) is 24.5 Å². The van der Waals surface area contributed by atoms with Crippen LogP contribution in [-0.2, 0) is 4.74 Å². The van der Waals surface area contributed by atoms with Gasteiger partial charge in [-0.3, -0.25) is 4.90 Å². The maximum Gasteiger partial charge on any atom is 0.0702 e. The highest BCUT2D eigenvalue weighted by Crippen LogP contribution is 2.18. The van der Waals surface area contributed by atoms with Crippen LogP contribution in [0, 0.1) is 0 Å². The van der Waals surface area contributed by atoms with Gasteiger partial charge < -0.3 is 10.1 Å². The van der Waals surface area contributed by atoms with Gasteiger partial charge in [0.25, 0.3) is 0 Å². The van der Waals surface area contributed by atoms with E-state index < -0.39 is 0 Å². The summed E-state index contributed by atoms with van der Waals surface area (Å²) < 4.78 is 5.93. The van der Waals surface area contributed by atoms with Crippen LogP contribution in [-0.4, -0.2) is 49.8 Å². The molecule has 0 saturated carbocycles. The second-order valence-corrected chi connectivity index (χ2v) is 5.38. The number of ether oxygens (including phenoxy) is 1. The average molecular weight is 256 g/mol. The molecule has 1 heterocycles. The van der Waals surface area contributed by atoms with Gasteiger partial charge in [0.05, 0.1) is 6.10 Å². The highest BCUT2D eigenvalue weighted by atomic mass is 16.5. The Balaban J connectivity index is 2.39. The van der Waals surface area contributed by atoms with Crippen LogP contribution in [0.15, 0.2) is 0 Å². The van der Waals surface area contributed by atoms with Gasteiger partial charge in [-0.1, -0.05) is 27.2 Å². The van der Waals surface area contributed by atoms with Crippen LogP contribution in [0.2, 0.25) is 0 Å². The van der Waals surface area contributed by atoms with Crippen molar-refractivity contribution in [1.82, 2.24) is 10.2 Å². The number of hydrogen-bond donors (Lipinski definition) is 1. The molecule has 1 fully saturated rings. The van der Waals surface area contributed by atoms with Crippen LogP contribution in [0.4, 0.5) is 0 Å². The molecule has 1 saturated heterocycles. The Hall–Kier alpha value is -0.120. The maximum atomic E-state index is 5.93. The van der Waals surface area contributed by atoms with Crippen LogP contribution >= 0.6 is 0 Å². The molecular formula is C15H32N2O. The number of nitrogens with zero attached hydrogens (tertiary/aromatic N) is 1. The zero-order valence-electron chi connectivity index (χ0n) is 12.6. The molecular weight excluding hydrogens is 224 g/mol. The van der Waals surface area contributed by atoms with Gasteiger partial charge in [-0.05, 0) is 38.8 Å². The van der Waals surface area contributed by atoms with Crippen LogP contribution in [0.25, 0.3) is 0 Å². The average Bonchev–Trinajstić information content (AvgIpc) is 2.41. The van der Waals surface area contributed by atoms with Crippen molar-refractivity contribution >= 4 is 0 Å². The van der Waals surface area contributed by atoms with Crippen molar-refractivity contribution in [2.75, 3.05) is 32.8 Å². The van der Waals surface area contributed by atoms with E-state index in [1.807, 2.05) is 0 Å². The fourth-order valence-electron chi connectivity index (χ4n) is 2.78. The number of rotatable bonds is 9. The predicted octanol–water partition coefficient (Wildman–Crippen LogP) is 2.66. The second kappa shape index (κ2) is 9.76. The molecule has 1 rings (SSSR count). The third-order valence-corrected chi connectivity index (χ3v) is 3.74. The number of likely N-dealkylation sites (tertiary alicyclic amines) is 1. The van der Waals surface area contributed by atoms with E-state index in [0.29, 0.717) is 12.1 Å². The third-order valence-electron chi connectivity index (χ3n) is 3.74. The summed E-state index contributed by atoms with van der Waals surface area (Å²) >= 11 is 0. The Labute approximate surface area is 113 Å². The minimum absolute atomic E-state index is 0.472. The summed E-state index contributed by atoms with van der Waals surface area (Å²) in [5.74, 6) is 0. The first-order valence-corrected chi connectivity index (χ1v) is 7.88. The lowest BCUT2D eigenvalue weighted by Crippen LogP contribution is -2.49. The van der Waals surface area contributed by atoms with E-state index in [-0.39, 0.29) is 0 Å². The Morgan fingerprint density at radius 1 is 1.28 bits per heavy atom. The molecule has 1 N–H and O–H groups in total. The first-order chi connectivity index (χ1) is 8.81. The predicted molar refractivity (Wildman–Crippen MR) is 78.1 cm³/mol. The van der Waals surface area contributed by atoms with E-state index in [0.717, 1.165) is 32.7 Å². The third kappa shape index (κ3) is 5.68. The Kier molecular flexibility index (Phi) is 8.64. The van der Waals surface area contributed by atoms with Gasteiger partial charge in [-0.25, -0.2) is 0 Å². The van der Waals surface area contributed by atoms with Crippen molar-refractivity contribution in [3.63, 3.8) is 0 Å². The van der Waals surface area contributed by atoms with Crippen molar-refractivity contribution < 1.29 is 4.74 Å². The molecule has 0 aromatic carbocycles. The van der Waals surface area contributed by atoms with E-state index in [4.69, 9.17) is 4.74 Å². The molecule has 0 aliphatic carbocycles. The summed E-state index contributed by atoms with van der Waals surface area (Å²) in [4.78, 5) is 2.65. The molecule has 1 aliphatic heterocycles. The minimum Gasteiger partial charge on any atom is -0.377 e. The van der Waals surface area contributed by atoms with Gasteiger partial charge in [0.1, 0.15) is 0 Å². The van der Waals surface area contributed by atoms with Crippen molar-refractivity contribution in [2.24, 2.45) is 0 Å². The van der Waals surface area contributed by atoms with Crippen LogP contribution in [0.3, 0.4) is 0 Å². The SMILES string of the molecule is CCCOC1CCCN(C(CCC)CNCC)C1. The van der Waals surface area contributed by atoms with Crippen LogP contribution in [0.1, 0.15) is 52.9 Å². The molecule has 108 valence electrons. The largest absolute Gasteiger partial charge is 0.377 e. The van der Waals surface area contributed by atoms with Crippen molar-refractivity contribution in [3.05, 3.63) is 0 Å². The monoisotopic (exact) mass is 256 g/mol. The van der Waals surface area contributed by atoms with E-state index in [1.165, 1.54) is 32.2 Å². The molecule has 1 aliphatic rings. The summed E-state index contributed by atoms with van der Waals surface area (Å²) in [7, 11) is 0. The fourth-order valence-corrected chi connectivity index (χ4v) is 2.78. The van der Waals surface area contributed by atoms with Gasteiger partial charge in [0.2, 0.25) is 0 Å². The standard InChI is InChI=1S/C15H32N2O/c1-4-8-14(12-16-6-3)17-10-7-9-15(13-17)18-11-5-2/h14-16H,4-13H2,1-3H3. The summed E-state index contributed by atoms with van der Waals surface area (Å²) in [6.45, 7) is 12.2. The van der Waals surface area contributed by atoms with Gasteiger partial charge in [0, 0.05) is 25.7 Å². The first kappa shape index (κ1) is 15.9. The highest BCUT2D eigenvalue weighted by molar-refractivity contribution is 4.81. The molecule has 0 radical (unpaired) electrons. The molecule has 18 heavy (non-hydrogen) atoms. The van der Waals surface area contributed by atoms with E-state index in [1.54, 1.807) is 0 Å². The fraction of sp³-hybridized carbons (Fsp3) is 1.00. The Morgan fingerprint density at radius 3 is 2.78 bits per heavy atom. The van der Waals surface area contributed by atoms with Crippen LogP contribution < -0.4 is 5.32 Å². The van der Waals surface area contributed by atoms with E-state index in [9.17, 15) is 0 Å². The zero-order chi connectivity index (χ0) is 13.2. The quantitative estimate of drug-likeness (QED) is 0.686. The lowest BCUT2D eigenvalue weighted by Gasteiger charge is -2.38. The maximum absolute atomic E-state index is 5.93. The molecule has 3 nitrogen and oxygen atoms in total. The van der Waals surface area contributed by atoms with Gasteiger partial charge in [0.15, 0.2) is 0 Å². The normalized spacial score (nSPS) is 23.2. The molecule has 0 bridgehead atoms. The molecule has 0 amide bonds. The molecule has 2 atom stereocenters. The van der Waals surface area contributed by atoms with Crippen molar-refractivity contribution in [2.45, 2.75) is 65.0 Å². The lowest BCUT2D eigenvalue weighted by atomic mass is 10.0. The van der Waals surface area contributed by atoms with Crippen LogP contribution in [0.5, 0.6) is 0 Å². The van der Waals surface area contributed by atoms with Gasteiger partial charge in [-0.2, -0.15) is 0 Å². The summed E-state index contributed by atoms with van der Waals surface area (Å²) in [6.07, 6.45) is 6.71. The summed E-state index contributed by atoms with van der Waals surface area (Å²) in [5, 5.41) is 3.51.